The Kier molecular flexibility index (Phi) is 115. The van der Waals surface area contributed by atoms with Crippen molar-refractivity contribution >= 4 is 13.6 Å². The normalized spacial score (nSPS) is 5.43. The van der Waals surface area contributed by atoms with Crippen LogP contribution in [0.4, 0.5) is 0 Å². The second-order valence-corrected chi connectivity index (χ2v) is 2.17. The number of rotatable bonds is 1. The average molecular weight is 286 g/mol. The quantitative estimate of drug-likeness (QED) is 0.443. The van der Waals surface area contributed by atoms with Crippen molar-refractivity contribution in [1.29, 1.82) is 0 Å². The molecular formula is C9H17N2O2Ru+. The SMILES string of the molecule is C[C-](C)C.[C-]#[N+]CCN.[CH-]=O.[CH-]=O.[Ru+4]. The maximum Gasteiger partial charge on any atom is 4.00 e. The molecule has 0 aromatic heterocycles. The molecule has 0 rings (SSSR count). The van der Waals surface area contributed by atoms with E-state index < -0.39 is 0 Å². The zero-order chi connectivity index (χ0) is 11.7. The van der Waals surface area contributed by atoms with Crippen molar-refractivity contribution in [2.75, 3.05) is 13.1 Å². The van der Waals surface area contributed by atoms with E-state index in [0.717, 1.165) is 0 Å². The zero-order valence-corrected chi connectivity index (χ0v) is 10.5. The van der Waals surface area contributed by atoms with Gasteiger partial charge < -0.3 is 26.1 Å². The van der Waals surface area contributed by atoms with Crippen LogP contribution >= 0.6 is 0 Å². The predicted molar refractivity (Wildman–Crippen MR) is 54.3 cm³/mol. The Bertz CT molecular complexity index is 101. The van der Waals surface area contributed by atoms with E-state index in [1.165, 1.54) is 5.92 Å². The van der Waals surface area contributed by atoms with Crippen LogP contribution in [-0.2, 0) is 29.1 Å². The first-order chi connectivity index (χ1) is 6.15. The molecule has 0 atom stereocenters. The van der Waals surface area contributed by atoms with Crippen LogP contribution in [0.2, 0.25) is 0 Å². The molecule has 0 aliphatic carbocycles. The van der Waals surface area contributed by atoms with Crippen molar-refractivity contribution in [3.63, 3.8) is 0 Å². The van der Waals surface area contributed by atoms with Crippen molar-refractivity contribution in [2.45, 2.75) is 20.8 Å². The van der Waals surface area contributed by atoms with E-state index in [9.17, 15) is 0 Å². The fraction of sp³-hybridized carbons (Fsp3) is 0.556. The fourth-order valence-electron chi connectivity index (χ4n) is 0.0645. The second kappa shape index (κ2) is 55.2. The van der Waals surface area contributed by atoms with E-state index in [1.54, 1.807) is 0 Å². The number of nitrogens with zero attached hydrogens (tertiary/aromatic N) is 1. The third kappa shape index (κ3) is 620. The van der Waals surface area contributed by atoms with E-state index in [1.807, 2.05) is 0 Å². The Morgan fingerprint density at radius 3 is 1.43 bits per heavy atom. The Labute approximate surface area is 99.8 Å². The molecule has 4 nitrogen and oxygen atoms in total. The van der Waals surface area contributed by atoms with Crippen LogP contribution in [0, 0.1) is 12.5 Å². The molecule has 0 saturated carbocycles. The van der Waals surface area contributed by atoms with Gasteiger partial charge in [-0.3, -0.25) is 13.6 Å². The van der Waals surface area contributed by atoms with E-state index in [-0.39, 0.29) is 19.5 Å². The smallest absolute Gasteiger partial charge is 0.545 e. The van der Waals surface area contributed by atoms with Crippen molar-refractivity contribution in [3.8, 4) is 0 Å². The number of carbonyl (C=O) groups excluding carboxylic acids is 2. The van der Waals surface area contributed by atoms with E-state index >= 15 is 0 Å². The second-order valence-electron chi connectivity index (χ2n) is 2.17. The third-order valence-electron chi connectivity index (χ3n) is 0.241. The first-order valence-corrected chi connectivity index (χ1v) is 3.42. The zero-order valence-electron chi connectivity index (χ0n) is 8.76. The van der Waals surface area contributed by atoms with E-state index in [4.69, 9.17) is 21.9 Å². The maximum atomic E-state index is 7.75. The minimum atomic E-state index is 0. The topological polar surface area (TPSA) is 64.5 Å². The Balaban J connectivity index is -0.0000000273. The molecule has 0 saturated heterocycles. The van der Waals surface area contributed by atoms with Gasteiger partial charge in [-0.2, -0.15) is 20.8 Å². The van der Waals surface area contributed by atoms with Gasteiger partial charge >= 0.3 is 19.5 Å². The molecule has 0 unspecified atom stereocenters. The van der Waals surface area contributed by atoms with E-state index in [0.29, 0.717) is 13.1 Å². The molecule has 82 valence electrons. The van der Waals surface area contributed by atoms with Gasteiger partial charge in [0.1, 0.15) is 0 Å². The molecule has 0 amide bonds. The minimum Gasteiger partial charge on any atom is -0.545 e. The van der Waals surface area contributed by atoms with Crippen LogP contribution < -0.4 is 5.73 Å². The van der Waals surface area contributed by atoms with Gasteiger partial charge in [-0.1, -0.05) is 0 Å². The standard InChI is InChI=1S/C4H9.C3H6N2.2CHO.Ru/c1-4(2)3;1-5-3-2-4;2*1-2;/h1-3H3;2-4H2;2*1H;/q-1;;2*-1;+4. The first-order valence-electron chi connectivity index (χ1n) is 3.42. The van der Waals surface area contributed by atoms with Gasteiger partial charge in [0.05, 0.1) is 6.54 Å². The summed E-state index contributed by atoms with van der Waals surface area (Å²) in [5.74, 6) is 1.42. The van der Waals surface area contributed by atoms with E-state index in [2.05, 4.69) is 39.2 Å². The van der Waals surface area contributed by atoms with Crippen molar-refractivity contribution in [3.05, 3.63) is 17.3 Å². The molecule has 0 aromatic carbocycles. The Morgan fingerprint density at radius 1 is 1.21 bits per heavy atom. The molecule has 0 heterocycles. The summed E-state index contributed by atoms with van der Waals surface area (Å²) in [6, 6.07) is 0. The maximum absolute atomic E-state index is 7.75. The minimum absolute atomic E-state index is 0. The number of hydrogen-bond donors (Lipinski definition) is 1. The van der Waals surface area contributed by atoms with Gasteiger partial charge in [0.15, 0.2) is 0 Å². The molecule has 2 N–H and O–H groups in total. The summed E-state index contributed by atoms with van der Waals surface area (Å²) in [6.07, 6.45) is 0. The molecule has 14 heavy (non-hydrogen) atoms. The molecule has 0 aromatic rings. The summed E-state index contributed by atoms with van der Waals surface area (Å²) < 4.78 is 0. The van der Waals surface area contributed by atoms with Crippen LogP contribution in [0.1, 0.15) is 20.8 Å². The molecule has 0 spiro atoms. The fourth-order valence-corrected chi connectivity index (χ4v) is 0.0645. The molecule has 0 aliphatic rings. The average Bonchev–Trinajstić information content (AvgIpc) is 2.12. The summed E-state index contributed by atoms with van der Waals surface area (Å²) in [6.45, 7) is 19.8. The van der Waals surface area contributed by atoms with Crippen LogP contribution in [0.15, 0.2) is 0 Å². The van der Waals surface area contributed by atoms with Crippen LogP contribution in [0.25, 0.3) is 4.85 Å². The van der Waals surface area contributed by atoms with Gasteiger partial charge in [-0.25, -0.2) is 6.57 Å². The van der Waals surface area contributed by atoms with Gasteiger partial charge in [0.25, 0.3) is 0 Å². The van der Waals surface area contributed by atoms with Crippen molar-refractivity contribution in [1.82, 2.24) is 0 Å². The summed E-state index contributed by atoms with van der Waals surface area (Å²) in [4.78, 5) is 18.5. The van der Waals surface area contributed by atoms with Crippen LogP contribution in [-0.4, -0.2) is 26.7 Å². The summed E-state index contributed by atoms with van der Waals surface area (Å²) in [5, 5.41) is 0. The molecule has 0 radical (unpaired) electrons. The predicted octanol–water partition coefficient (Wildman–Crippen LogP) is 0.934. The molecule has 5 heteroatoms. The van der Waals surface area contributed by atoms with Gasteiger partial charge in [-0.05, 0) is 0 Å². The number of nitrogens with two attached hydrogens (primary N) is 1. The molecule has 0 fully saturated rings. The van der Waals surface area contributed by atoms with Crippen molar-refractivity contribution < 1.29 is 29.1 Å². The third-order valence-corrected chi connectivity index (χ3v) is 0.241. The summed E-state index contributed by atoms with van der Waals surface area (Å²) in [5.41, 5.74) is 4.93. The number of hydrogen-bond acceptors (Lipinski definition) is 3. The summed E-state index contributed by atoms with van der Waals surface area (Å²) in [7, 11) is 0. The van der Waals surface area contributed by atoms with Crippen LogP contribution in [0.5, 0.6) is 0 Å². The van der Waals surface area contributed by atoms with Gasteiger partial charge in [0, 0.05) is 0 Å². The molecule has 0 bridgehead atoms. The summed E-state index contributed by atoms with van der Waals surface area (Å²) >= 11 is 0. The Hall–Kier alpha value is -0.587. The molecular weight excluding hydrogens is 269 g/mol. The van der Waals surface area contributed by atoms with Gasteiger partial charge in [0.2, 0.25) is 6.54 Å². The van der Waals surface area contributed by atoms with Crippen LogP contribution in [0.3, 0.4) is 0 Å². The Morgan fingerprint density at radius 2 is 1.43 bits per heavy atom. The first kappa shape index (κ1) is 29.2. The monoisotopic (exact) mass is 287 g/mol. The van der Waals surface area contributed by atoms with Gasteiger partial charge in [-0.15, -0.1) is 0 Å². The largest absolute Gasteiger partial charge is 4.00 e. The molecule has 0 aliphatic heterocycles. The van der Waals surface area contributed by atoms with Crippen molar-refractivity contribution in [2.24, 2.45) is 5.73 Å².